The average molecular weight is 472 g/mol. The minimum atomic E-state index is -0.699. The maximum atomic E-state index is 12.4. The lowest BCUT2D eigenvalue weighted by Crippen LogP contribution is -2.18. The van der Waals surface area contributed by atoms with Gasteiger partial charge in [-0.1, -0.05) is 11.6 Å². The molecule has 2 aromatic carbocycles. The van der Waals surface area contributed by atoms with Gasteiger partial charge in [0.05, 0.1) is 41.0 Å². The van der Waals surface area contributed by atoms with Crippen LogP contribution in [0.5, 0.6) is 5.75 Å². The lowest BCUT2D eigenvalue weighted by Gasteiger charge is -2.06. The monoisotopic (exact) mass is 471 g/mol. The van der Waals surface area contributed by atoms with E-state index in [9.17, 15) is 19.7 Å². The molecule has 11 heteroatoms. The SMILES string of the molecule is CCOC(=O)c1cc(-c2ccc(C=NNC(=O)c3cc([N+](=O)[O-])ccc3OC)o2)ccc1Cl. The van der Waals surface area contributed by atoms with Crippen molar-refractivity contribution >= 4 is 35.4 Å². The van der Waals surface area contributed by atoms with E-state index < -0.39 is 16.8 Å². The molecule has 0 aliphatic rings. The van der Waals surface area contributed by atoms with Crippen LogP contribution in [0, 0.1) is 10.1 Å². The first kappa shape index (κ1) is 23.5. The highest BCUT2D eigenvalue weighted by Gasteiger charge is 2.17. The number of benzene rings is 2. The molecular weight excluding hydrogens is 454 g/mol. The highest BCUT2D eigenvalue weighted by atomic mass is 35.5. The zero-order valence-corrected chi connectivity index (χ0v) is 18.3. The van der Waals surface area contributed by atoms with Gasteiger partial charge in [0.25, 0.3) is 11.6 Å². The summed E-state index contributed by atoms with van der Waals surface area (Å²) in [5.74, 6) is -0.338. The van der Waals surface area contributed by atoms with Crippen molar-refractivity contribution < 1.29 is 28.4 Å². The predicted octanol–water partition coefficient (Wildman–Crippen LogP) is 4.46. The average Bonchev–Trinajstić information content (AvgIpc) is 3.27. The Hall–Kier alpha value is -4.18. The zero-order valence-electron chi connectivity index (χ0n) is 17.5. The van der Waals surface area contributed by atoms with Crippen molar-refractivity contribution in [2.24, 2.45) is 5.10 Å². The third-order valence-electron chi connectivity index (χ3n) is 4.37. The molecule has 3 rings (SSSR count). The molecule has 1 N–H and O–H groups in total. The number of nitrogens with one attached hydrogen (secondary N) is 1. The number of carbonyl (C=O) groups is 2. The largest absolute Gasteiger partial charge is 0.496 e. The molecular formula is C22H18ClN3O7. The number of non-ortho nitro benzene ring substituents is 1. The number of halogens is 1. The fourth-order valence-electron chi connectivity index (χ4n) is 2.82. The third kappa shape index (κ3) is 5.55. The molecule has 0 unspecified atom stereocenters. The van der Waals surface area contributed by atoms with Gasteiger partial charge in [0.2, 0.25) is 0 Å². The number of hydrogen-bond donors (Lipinski definition) is 1. The van der Waals surface area contributed by atoms with E-state index in [0.717, 1.165) is 6.07 Å². The quantitative estimate of drug-likeness (QED) is 0.222. The van der Waals surface area contributed by atoms with Crippen molar-refractivity contribution in [2.75, 3.05) is 13.7 Å². The van der Waals surface area contributed by atoms with Crippen LogP contribution in [0.4, 0.5) is 5.69 Å². The Morgan fingerprint density at radius 3 is 2.67 bits per heavy atom. The second-order valence-corrected chi connectivity index (χ2v) is 6.87. The normalized spacial score (nSPS) is 10.8. The fourth-order valence-corrected chi connectivity index (χ4v) is 3.02. The summed E-state index contributed by atoms with van der Waals surface area (Å²) < 4.78 is 15.7. The van der Waals surface area contributed by atoms with Crippen LogP contribution in [-0.2, 0) is 4.74 Å². The fraction of sp³-hybridized carbons (Fsp3) is 0.136. The minimum Gasteiger partial charge on any atom is -0.496 e. The molecule has 1 heterocycles. The summed E-state index contributed by atoms with van der Waals surface area (Å²) in [7, 11) is 1.34. The van der Waals surface area contributed by atoms with E-state index in [2.05, 4.69) is 10.5 Å². The number of nitro benzene ring substituents is 1. The van der Waals surface area contributed by atoms with Crippen molar-refractivity contribution in [3.63, 3.8) is 0 Å². The van der Waals surface area contributed by atoms with E-state index in [1.807, 2.05) is 0 Å². The lowest BCUT2D eigenvalue weighted by atomic mass is 10.1. The molecule has 0 saturated carbocycles. The number of ether oxygens (including phenoxy) is 2. The van der Waals surface area contributed by atoms with E-state index in [0.29, 0.717) is 17.1 Å². The molecule has 0 bridgehead atoms. The van der Waals surface area contributed by atoms with Crippen LogP contribution in [0.2, 0.25) is 5.02 Å². The number of nitro groups is 1. The van der Waals surface area contributed by atoms with E-state index in [1.165, 1.54) is 25.5 Å². The summed E-state index contributed by atoms with van der Waals surface area (Å²) in [6.45, 7) is 1.91. The molecule has 170 valence electrons. The summed E-state index contributed by atoms with van der Waals surface area (Å²) in [5.41, 5.74) is 2.77. The Kier molecular flexibility index (Phi) is 7.42. The van der Waals surface area contributed by atoms with E-state index in [4.69, 9.17) is 25.5 Å². The van der Waals surface area contributed by atoms with Crippen molar-refractivity contribution in [1.29, 1.82) is 0 Å². The van der Waals surface area contributed by atoms with Crippen LogP contribution in [0.1, 0.15) is 33.4 Å². The minimum absolute atomic E-state index is 0.0448. The van der Waals surface area contributed by atoms with Crippen LogP contribution in [-0.4, -0.2) is 36.7 Å². The number of nitrogens with zero attached hydrogens (tertiary/aromatic N) is 2. The van der Waals surface area contributed by atoms with Gasteiger partial charge in [0.15, 0.2) is 0 Å². The highest BCUT2D eigenvalue weighted by molar-refractivity contribution is 6.33. The number of hydrazone groups is 1. The smallest absolute Gasteiger partial charge is 0.339 e. The molecule has 0 aliphatic heterocycles. The van der Waals surface area contributed by atoms with Crippen molar-refractivity contribution in [2.45, 2.75) is 6.92 Å². The molecule has 0 radical (unpaired) electrons. The summed E-state index contributed by atoms with van der Waals surface area (Å²) in [4.78, 5) is 34.8. The highest BCUT2D eigenvalue weighted by Crippen LogP contribution is 2.27. The second kappa shape index (κ2) is 10.4. The molecule has 10 nitrogen and oxygen atoms in total. The molecule has 0 saturated heterocycles. The molecule has 33 heavy (non-hydrogen) atoms. The number of hydrogen-bond acceptors (Lipinski definition) is 8. The van der Waals surface area contributed by atoms with Crippen molar-refractivity contribution in [3.05, 3.63) is 80.6 Å². The maximum absolute atomic E-state index is 12.4. The van der Waals surface area contributed by atoms with Gasteiger partial charge in [-0.3, -0.25) is 14.9 Å². The number of furan rings is 1. The first-order chi connectivity index (χ1) is 15.8. The van der Waals surface area contributed by atoms with Crippen molar-refractivity contribution in [3.8, 4) is 17.1 Å². The van der Waals surface area contributed by atoms with Gasteiger partial charge in [0, 0.05) is 17.7 Å². The number of rotatable bonds is 8. The zero-order chi connectivity index (χ0) is 24.0. The summed E-state index contributed by atoms with van der Waals surface area (Å²) in [6, 6.07) is 11.7. The van der Waals surface area contributed by atoms with Crippen LogP contribution >= 0.6 is 11.6 Å². The van der Waals surface area contributed by atoms with Gasteiger partial charge in [0.1, 0.15) is 17.3 Å². The molecule has 0 fully saturated rings. The molecule has 0 aliphatic carbocycles. The van der Waals surface area contributed by atoms with Gasteiger partial charge >= 0.3 is 5.97 Å². The topological polar surface area (TPSA) is 133 Å². The molecule has 0 spiro atoms. The number of amides is 1. The second-order valence-electron chi connectivity index (χ2n) is 6.46. The van der Waals surface area contributed by atoms with E-state index in [1.54, 1.807) is 37.3 Å². The van der Waals surface area contributed by atoms with Gasteiger partial charge < -0.3 is 13.9 Å². The van der Waals surface area contributed by atoms with Crippen LogP contribution < -0.4 is 10.2 Å². The van der Waals surface area contributed by atoms with Gasteiger partial charge in [-0.25, -0.2) is 10.2 Å². The van der Waals surface area contributed by atoms with Crippen LogP contribution in [0.15, 0.2) is 58.0 Å². The summed E-state index contributed by atoms with van der Waals surface area (Å²) >= 11 is 6.08. The molecule has 1 amide bonds. The molecule has 3 aromatic rings. The Morgan fingerprint density at radius 2 is 1.97 bits per heavy atom. The van der Waals surface area contributed by atoms with E-state index in [-0.39, 0.29) is 34.2 Å². The Balaban J connectivity index is 1.74. The Morgan fingerprint density at radius 1 is 1.18 bits per heavy atom. The number of methoxy groups -OCH3 is 1. The van der Waals surface area contributed by atoms with Crippen LogP contribution in [0.3, 0.4) is 0 Å². The molecule has 1 aromatic heterocycles. The lowest BCUT2D eigenvalue weighted by molar-refractivity contribution is -0.384. The summed E-state index contributed by atoms with van der Waals surface area (Å²) in [5, 5.41) is 15.0. The standard InChI is InChI=1S/C22H18ClN3O7/c1-3-32-22(28)16-10-13(4-7-18(16)23)19-9-6-15(33-19)12-24-25-21(27)17-11-14(26(29)30)5-8-20(17)31-2/h4-12H,3H2,1-2H3,(H,25,27). The predicted molar refractivity (Wildman–Crippen MR) is 120 cm³/mol. The van der Waals surface area contributed by atoms with Crippen LogP contribution in [0.25, 0.3) is 11.3 Å². The Labute approximate surface area is 192 Å². The summed E-state index contributed by atoms with van der Waals surface area (Å²) in [6.07, 6.45) is 1.26. The number of carbonyl (C=O) groups excluding carboxylic acids is 2. The molecule has 0 atom stereocenters. The van der Waals surface area contributed by atoms with Gasteiger partial charge in [-0.2, -0.15) is 5.10 Å². The maximum Gasteiger partial charge on any atom is 0.339 e. The first-order valence-electron chi connectivity index (χ1n) is 9.56. The first-order valence-corrected chi connectivity index (χ1v) is 9.94. The third-order valence-corrected chi connectivity index (χ3v) is 4.70. The van der Waals surface area contributed by atoms with Gasteiger partial charge in [-0.15, -0.1) is 0 Å². The number of esters is 1. The van der Waals surface area contributed by atoms with E-state index >= 15 is 0 Å². The van der Waals surface area contributed by atoms with Crippen molar-refractivity contribution in [1.82, 2.24) is 5.43 Å². The Bertz CT molecular complexity index is 1240. The van der Waals surface area contributed by atoms with Gasteiger partial charge in [-0.05, 0) is 43.3 Å².